The second-order valence-corrected chi connectivity index (χ2v) is 7.51. The second-order valence-electron chi connectivity index (χ2n) is 6.64. The van der Waals surface area contributed by atoms with E-state index in [0.717, 1.165) is 0 Å². The van der Waals surface area contributed by atoms with Gasteiger partial charge in [-0.1, -0.05) is 47.5 Å². The smallest absolute Gasteiger partial charge is 0.296 e. The maximum atomic E-state index is 13.4. The fraction of sp³-hybridized carbons (Fsp3) is 0.0455. The molecule has 5 nitrogen and oxygen atoms in total. The third-order valence-electron chi connectivity index (χ3n) is 4.90. The lowest BCUT2D eigenvalue weighted by atomic mass is 9.98. The maximum absolute atomic E-state index is 13.4. The van der Waals surface area contributed by atoms with Crippen LogP contribution in [-0.2, 0) is 0 Å². The van der Waals surface area contributed by atoms with Gasteiger partial charge in [-0.05, 0) is 42.0 Å². The number of pyridine rings is 1. The second kappa shape index (κ2) is 6.72. The number of benzene rings is 2. The molecule has 0 saturated carbocycles. The normalized spacial score (nSPS) is 15.7. The Balaban J connectivity index is 1.82. The molecule has 1 aliphatic heterocycles. The van der Waals surface area contributed by atoms with Crippen LogP contribution in [0.4, 0.5) is 5.82 Å². The summed E-state index contributed by atoms with van der Waals surface area (Å²) in [5.74, 6) is -0.0719. The summed E-state index contributed by atoms with van der Waals surface area (Å²) in [7, 11) is 0. The fourth-order valence-electron chi connectivity index (χ4n) is 3.66. The van der Waals surface area contributed by atoms with Crippen LogP contribution in [0.3, 0.4) is 0 Å². The third kappa shape index (κ3) is 2.82. The third-order valence-corrected chi connectivity index (χ3v) is 5.36. The molecule has 0 saturated heterocycles. The van der Waals surface area contributed by atoms with Crippen molar-refractivity contribution in [2.75, 3.05) is 4.90 Å². The van der Waals surface area contributed by atoms with Crippen LogP contribution in [0, 0.1) is 0 Å². The van der Waals surface area contributed by atoms with Gasteiger partial charge in [-0.15, -0.1) is 0 Å². The van der Waals surface area contributed by atoms with E-state index in [0.29, 0.717) is 32.4 Å². The minimum Gasteiger partial charge on any atom is -0.450 e. The molecule has 2 aromatic heterocycles. The summed E-state index contributed by atoms with van der Waals surface area (Å²) >= 11 is 12.2. The minimum atomic E-state index is -0.717. The monoisotopic (exact) mass is 422 g/mol. The quantitative estimate of drug-likeness (QED) is 0.442. The van der Waals surface area contributed by atoms with Gasteiger partial charge in [0.25, 0.3) is 5.91 Å². The van der Waals surface area contributed by atoms with Crippen molar-refractivity contribution in [1.82, 2.24) is 4.98 Å². The molecule has 0 N–H and O–H groups in total. The fourth-order valence-corrected chi connectivity index (χ4v) is 3.97. The molecule has 1 unspecified atom stereocenters. The standard InChI is InChI=1S/C22H12Cl2N2O3/c23-13-5-3-4-12(10-13)19-18-20(27)15-6-1-2-7-16(15)29-21(18)22(28)26(19)17-9-8-14(24)11-25-17/h1-11,19H. The number of para-hydroxylation sites is 1. The van der Waals surface area contributed by atoms with E-state index >= 15 is 0 Å². The number of aromatic nitrogens is 1. The molecule has 4 aromatic rings. The van der Waals surface area contributed by atoms with Gasteiger partial charge >= 0.3 is 0 Å². The van der Waals surface area contributed by atoms with E-state index in [9.17, 15) is 9.59 Å². The predicted molar refractivity (Wildman–Crippen MR) is 112 cm³/mol. The van der Waals surface area contributed by atoms with Gasteiger partial charge in [0.1, 0.15) is 11.4 Å². The van der Waals surface area contributed by atoms with Crippen molar-refractivity contribution < 1.29 is 9.21 Å². The summed E-state index contributed by atoms with van der Waals surface area (Å²) in [4.78, 5) is 32.4. The molecule has 7 heteroatoms. The van der Waals surface area contributed by atoms with Crippen LogP contribution in [0.25, 0.3) is 11.0 Å². The van der Waals surface area contributed by atoms with Gasteiger partial charge in [-0.25, -0.2) is 4.98 Å². The largest absolute Gasteiger partial charge is 0.450 e. The van der Waals surface area contributed by atoms with Crippen molar-refractivity contribution in [2.45, 2.75) is 6.04 Å². The summed E-state index contributed by atoms with van der Waals surface area (Å²) in [6.07, 6.45) is 1.45. The highest BCUT2D eigenvalue weighted by Gasteiger charge is 2.44. The summed E-state index contributed by atoms with van der Waals surface area (Å²) in [5, 5.41) is 1.35. The highest BCUT2D eigenvalue weighted by atomic mass is 35.5. The first-order valence-electron chi connectivity index (χ1n) is 8.81. The van der Waals surface area contributed by atoms with Crippen LogP contribution in [-0.4, -0.2) is 10.9 Å². The number of nitrogens with zero attached hydrogens (tertiary/aromatic N) is 2. The molecule has 1 atom stereocenters. The molecule has 0 aliphatic carbocycles. The van der Waals surface area contributed by atoms with E-state index in [-0.39, 0.29) is 16.8 Å². The van der Waals surface area contributed by atoms with E-state index < -0.39 is 11.9 Å². The number of halogens is 2. The molecule has 2 aromatic carbocycles. The molecule has 29 heavy (non-hydrogen) atoms. The Morgan fingerprint density at radius 3 is 2.52 bits per heavy atom. The van der Waals surface area contributed by atoms with Crippen LogP contribution < -0.4 is 10.3 Å². The first-order valence-corrected chi connectivity index (χ1v) is 9.56. The van der Waals surface area contributed by atoms with E-state index in [1.54, 1.807) is 54.6 Å². The summed E-state index contributed by atoms with van der Waals surface area (Å²) in [5.41, 5.74) is 1.06. The van der Waals surface area contributed by atoms with Gasteiger partial charge in [0, 0.05) is 11.2 Å². The summed E-state index contributed by atoms with van der Waals surface area (Å²) in [6.45, 7) is 0. The average Bonchev–Trinajstić information content (AvgIpc) is 3.02. The molecule has 0 radical (unpaired) electrons. The lowest BCUT2D eigenvalue weighted by Crippen LogP contribution is -2.30. The van der Waals surface area contributed by atoms with Crippen LogP contribution in [0.1, 0.15) is 27.7 Å². The van der Waals surface area contributed by atoms with Crippen molar-refractivity contribution in [2.24, 2.45) is 0 Å². The number of carbonyl (C=O) groups excluding carboxylic acids is 1. The van der Waals surface area contributed by atoms with Crippen LogP contribution >= 0.6 is 23.2 Å². The predicted octanol–water partition coefficient (Wildman–Crippen LogP) is 5.24. The Hall–Kier alpha value is -3.15. The van der Waals surface area contributed by atoms with E-state index in [1.807, 2.05) is 6.07 Å². The molecule has 0 spiro atoms. The lowest BCUT2D eigenvalue weighted by Gasteiger charge is -2.24. The number of hydrogen-bond donors (Lipinski definition) is 0. The molecule has 1 aliphatic rings. The molecule has 5 rings (SSSR count). The first-order chi connectivity index (χ1) is 14.0. The molecule has 0 fully saturated rings. The van der Waals surface area contributed by atoms with Crippen molar-refractivity contribution in [3.63, 3.8) is 0 Å². The summed E-state index contributed by atoms with van der Waals surface area (Å²) in [6, 6.07) is 16.5. The zero-order chi connectivity index (χ0) is 20.1. The van der Waals surface area contributed by atoms with Crippen LogP contribution in [0.2, 0.25) is 10.0 Å². The van der Waals surface area contributed by atoms with E-state index in [2.05, 4.69) is 4.98 Å². The SMILES string of the molecule is O=C1c2oc3ccccc3c(=O)c2C(c2cccc(Cl)c2)N1c1ccc(Cl)cn1. The molecule has 1 amide bonds. The lowest BCUT2D eigenvalue weighted by molar-refractivity contribution is 0.0970. The summed E-state index contributed by atoms with van der Waals surface area (Å²) < 4.78 is 5.88. The molecule has 142 valence electrons. The zero-order valence-electron chi connectivity index (χ0n) is 14.8. The Bertz CT molecular complexity index is 1330. The topological polar surface area (TPSA) is 63.4 Å². The van der Waals surface area contributed by atoms with E-state index in [4.69, 9.17) is 27.6 Å². The molecule has 0 bridgehead atoms. The van der Waals surface area contributed by atoms with Crippen molar-refractivity contribution in [3.05, 3.63) is 104 Å². The Morgan fingerprint density at radius 1 is 0.931 bits per heavy atom. The van der Waals surface area contributed by atoms with Gasteiger partial charge in [-0.3, -0.25) is 14.5 Å². The molecule has 3 heterocycles. The van der Waals surface area contributed by atoms with Gasteiger partial charge in [0.2, 0.25) is 5.76 Å². The molecular weight excluding hydrogens is 411 g/mol. The van der Waals surface area contributed by atoms with Crippen LogP contribution in [0.15, 0.2) is 76.1 Å². The van der Waals surface area contributed by atoms with Crippen molar-refractivity contribution in [1.29, 1.82) is 0 Å². The minimum absolute atomic E-state index is 0.00965. The number of amides is 1. The van der Waals surface area contributed by atoms with Gasteiger partial charge in [-0.2, -0.15) is 0 Å². The van der Waals surface area contributed by atoms with E-state index in [1.165, 1.54) is 11.1 Å². The highest BCUT2D eigenvalue weighted by Crippen LogP contribution is 2.41. The van der Waals surface area contributed by atoms with Crippen molar-refractivity contribution >= 4 is 45.9 Å². The number of hydrogen-bond acceptors (Lipinski definition) is 4. The number of anilines is 1. The Morgan fingerprint density at radius 2 is 1.76 bits per heavy atom. The Labute approximate surface area is 175 Å². The molecular formula is C22H12Cl2N2O3. The van der Waals surface area contributed by atoms with Gasteiger partial charge in [0.05, 0.1) is 22.0 Å². The number of rotatable bonds is 2. The van der Waals surface area contributed by atoms with Gasteiger partial charge < -0.3 is 4.42 Å². The number of carbonyl (C=O) groups is 1. The zero-order valence-corrected chi connectivity index (χ0v) is 16.3. The highest BCUT2D eigenvalue weighted by molar-refractivity contribution is 6.31. The average molecular weight is 423 g/mol. The number of fused-ring (bicyclic) bond motifs is 2. The first kappa shape index (κ1) is 17.9. The maximum Gasteiger partial charge on any atom is 0.296 e. The van der Waals surface area contributed by atoms with Gasteiger partial charge in [0.15, 0.2) is 5.43 Å². The Kier molecular flexibility index (Phi) is 4.15. The van der Waals surface area contributed by atoms with Crippen LogP contribution in [0.5, 0.6) is 0 Å². The van der Waals surface area contributed by atoms with Crippen molar-refractivity contribution in [3.8, 4) is 0 Å².